The van der Waals surface area contributed by atoms with E-state index in [9.17, 15) is 9.59 Å². The summed E-state index contributed by atoms with van der Waals surface area (Å²) < 4.78 is 0. The molecule has 0 saturated heterocycles. The zero-order valence-corrected chi connectivity index (χ0v) is 13.2. The van der Waals surface area contributed by atoms with E-state index in [4.69, 9.17) is 5.73 Å². The number of rotatable bonds is 6. The second kappa shape index (κ2) is 7.61. The Morgan fingerprint density at radius 3 is 2.55 bits per heavy atom. The fraction of sp³-hybridized carbons (Fsp3) is 0.250. The number of urea groups is 1. The molecule has 2 rings (SSSR count). The number of carbonyl (C=O) groups excluding carboxylic acids is 2. The monoisotopic (exact) mass is 317 g/mol. The van der Waals surface area contributed by atoms with E-state index in [1.807, 2.05) is 23.6 Å². The minimum atomic E-state index is -0.562. The van der Waals surface area contributed by atoms with Crippen LogP contribution in [0.5, 0.6) is 0 Å². The predicted molar refractivity (Wildman–Crippen MR) is 87.8 cm³/mol. The average Bonchev–Trinajstić information content (AvgIpc) is 3.03. The van der Waals surface area contributed by atoms with Crippen LogP contribution in [-0.4, -0.2) is 30.4 Å². The minimum absolute atomic E-state index is 0.00836. The fourth-order valence-corrected chi connectivity index (χ4v) is 2.71. The Kier molecular flexibility index (Phi) is 5.55. The first-order chi connectivity index (χ1) is 10.6. The third-order valence-corrected chi connectivity index (χ3v) is 4.22. The predicted octanol–water partition coefficient (Wildman–Crippen LogP) is 2.23. The summed E-state index contributed by atoms with van der Waals surface area (Å²) in [5, 5.41) is 4.55. The topological polar surface area (TPSA) is 75.4 Å². The van der Waals surface area contributed by atoms with Crippen molar-refractivity contribution in [2.75, 3.05) is 13.6 Å². The maximum absolute atomic E-state index is 12.3. The van der Waals surface area contributed by atoms with Crippen molar-refractivity contribution in [2.45, 2.75) is 13.0 Å². The normalized spacial score (nSPS) is 10.2. The second-order valence-corrected chi connectivity index (χ2v) is 6.00. The third kappa shape index (κ3) is 4.60. The van der Waals surface area contributed by atoms with Gasteiger partial charge in [0.05, 0.1) is 0 Å². The highest BCUT2D eigenvalue weighted by Gasteiger charge is 2.11. The molecule has 1 heterocycles. The molecule has 0 saturated carbocycles. The fourth-order valence-electron chi connectivity index (χ4n) is 2.01. The van der Waals surface area contributed by atoms with Crippen LogP contribution in [0.3, 0.4) is 0 Å². The van der Waals surface area contributed by atoms with Crippen LogP contribution in [0, 0.1) is 0 Å². The van der Waals surface area contributed by atoms with E-state index in [0.717, 1.165) is 12.0 Å². The lowest BCUT2D eigenvalue weighted by Gasteiger charge is -2.17. The van der Waals surface area contributed by atoms with Gasteiger partial charge in [-0.15, -0.1) is 11.3 Å². The summed E-state index contributed by atoms with van der Waals surface area (Å²) in [5.41, 5.74) is 6.56. The molecule has 2 aromatic rings. The van der Waals surface area contributed by atoms with E-state index in [2.05, 4.69) is 11.4 Å². The van der Waals surface area contributed by atoms with E-state index < -0.39 is 6.03 Å². The number of benzene rings is 1. The van der Waals surface area contributed by atoms with Crippen molar-refractivity contribution in [2.24, 2.45) is 5.73 Å². The number of thiophene rings is 1. The van der Waals surface area contributed by atoms with Gasteiger partial charge in [0, 0.05) is 30.6 Å². The van der Waals surface area contributed by atoms with Gasteiger partial charge in [-0.2, -0.15) is 0 Å². The highest BCUT2D eigenvalue weighted by Crippen LogP contribution is 2.11. The van der Waals surface area contributed by atoms with Crippen molar-refractivity contribution in [1.29, 1.82) is 0 Å². The van der Waals surface area contributed by atoms with Crippen molar-refractivity contribution in [3.8, 4) is 0 Å². The molecule has 0 unspecified atom stereocenters. The van der Waals surface area contributed by atoms with Gasteiger partial charge in [-0.25, -0.2) is 4.79 Å². The standard InChI is InChI=1S/C16H19N3O2S/c1-19(9-8-14-3-2-10-22-14)15(20)13-6-4-12(5-7-13)11-18-16(17)21/h2-7,10H,8-9,11H2,1H3,(H3,17,18,21). The Morgan fingerprint density at radius 1 is 1.23 bits per heavy atom. The third-order valence-electron chi connectivity index (χ3n) is 3.29. The van der Waals surface area contributed by atoms with Crippen molar-refractivity contribution in [3.05, 3.63) is 57.8 Å². The van der Waals surface area contributed by atoms with Crippen LogP contribution in [0.2, 0.25) is 0 Å². The smallest absolute Gasteiger partial charge is 0.312 e. The summed E-state index contributed by atoms with van der Waals surface area (Å²) in [5.74, 6) is -0.00836. The molecule has 0 fully saturated rings. The van der Waals surface area contributed by atoms with Crippen molar-refractivity contribution in [3.63, 3.8) is 0 Å². The van der Waals surface area contributed by atoms with Gasteiger partial charge in [0.1, 0.15) is 0 Å². The summed E-state index contributed by atoms with van der Waals surface area (Å²) in [6.45, 7) is 1.04. The zero-order chi connectivity index (χ0) is 15.9. The Balaban J connectivity index is 1.89. The largest absolute Gasteiger partial charge is 0.352 e. The van der Waals surface area contributed by atoms with Crippen molar-refractivity contribution in [1.82, 2.24) is 10.2 Å². The molecular weight excluding hydrogens is 298 g/mol. The lowest BCUT2D eigenvalue weighted by atomic mass is 10.1. The first-order valence-electron chi connectivity index (χ1n) is 6.96. The number of nitrogens with two attached hydrogens (primary N) is 1. The molecule has 0 atom stereocenters. The highest BCUT2D eigenvalue weighted by atomic mass is 32.1. The number of amides is 3. The van der Waals surface area contributed by atoms with Gasteiger partial charge in [0.2, 0.25) is 0 Å². The summed E-state index contributed by atoms with van der Waals surface area (Å²) in [4.78, 5) is 26.0. The van der Waals surface area contributed by atoms with E-state index >= 15 is 0 Å². The van der Waals surface area contributed by atoms with E-state index in [1.54, 1.807) is 35.4 Å². The molecule has 3 amide bonds. The molecule has 0 spiro atoms. The highest BCUT2D eigenvalue weighted by molar-refractivity contribution is 7.09. The van der Waals surface area contributed by atoms with Crippen LogP contribution >= 0.6 is 11.3 Å². The number of nitrogens with one attached hydrogen (secondary N) is 1. The molecule has 5 nitrogen and oxygen atoms in total. The van der Waals surface area contributed by atoms with Crippen LogP contribution in [0.15, 0.2) is 41.8 Å². The number of hydrogen-bond donors (Lipinski definition) is 2. The van der Waals surface area contributed by atoms with E-state index in [0.29, 0.717) is 18.7 Å². The van der Waals surface area contributed by atoms with Crippen molar-refractivity contribution < 1.29 is 9.59 Å². The molecule has 3 N–H and O–H groups in total. The van der Waals surface area contributed by atoms with Crippen LogP contribution in [-0.2, 0) is 13.0 Å². The zero-order valence-electron chi connectivity index (χ0n) is 12.4. The molecule has 22 heavy (non-hydrogen) atoms. The molecule has 0 aliphatic heterocycles. The van der Waals surface area contributed by atoms with Crippen LogP contribution in [0.25, 0.3) is 0 Å². The Morgan fingerprint density at radius 2 is 1.95 bits per heavy atom. The van der Waals surface area contributed by atoms with E-state index in [1.165, 1.54) is 4.88 Å². The summed E-state index contributed by atoms with van der Waals surface area (Å²) in [7, 11) is 1.80. The lowest BCUT2D eigenvalue weighted by Crippen LogP contribution is -2.29. The number of primary amides is 1. The second-order valence-electron chi connectivity index (χ2n) is 4.97. The molecular formula is C16H19N3O2S. The molecule has 1 aromatic carbocycles. The first kappa shape index (κ1) is 16.0. The average molecular weight is 317 g/mol. The quantitative estimate of drug-likeness (QED) is 0.857. The van der Waals surface area contributed by atoms with Crippen LogP contribution < -0.4 is 11.1 Å². The SMILES string of the molecule is CN(CCc1cccs1)C(=O)c1ccc(CNC(N)=O)cc1. The number of hydrogen-bond acceptors (Lipinski definition) is 3. The lowest BCUT2D eigenvalue weighted by molar-refractivity contribution is 0.0797. The number of carbonyl (C=O) groups is 2. The Labute approximate surface area is 133 Å². The molecule has 6 heteroatoms. The Bertz CT molecular complexity index is 623. The number of nitrogens with zero attached hydrogens (tertiary/aromatic N) is 1. The van der Waals surface area contributed by atoms with Gasteiger partial charge in [-0.05, 0) is 35.6 Å². The van der Waals surface area contributed by atoms with Gasteiger partial charge < -0.3 is 16.0 Å². The van der Waals surface area contributed by atoms with Crippen LogP contribution in [0.1, 0.15) is 20.8 Å². The van der Waals surface area contributed by atoms with Crippen molar-refractivity contribution >= 4 is 23.3 Å². The summed E-state index contributed by atoms with van der Waals surface area (Å²) >= 11 is 1.70. The summed E-state index contributed by atoms with van der Waals surface area (Å²) in [6.07, 6.45) is 0.862. The molecule has 0 aliphatic carbocycles. The van der Waals surface area contributed by atoms with Crippen LogP contribution in [0.4, 0.5) is 4.79 Å². The molecule has 0 radical (unpaired) electrons. The first-order valence-corrected chi connectivity index (χ1v) is 7.84. The van der Waals surface area contributed by atoms with Gasteiger partial charge in [-0.1, -0.05) is 18.2 Å². The maximum Gasteiger partial charge on any atom is 0.312 e. The van der Waals surface area contributed by atoms with Gasteiger partial charge in [0.25, 0.3) is 5.91 Å². The molecule has 116 valence electrons. The van der Waals surface area contributed by atoms with E-state index in [-0.39, 0.29) is 5.91 Å². The Hall–Kier alpha value is -2.34. The maximum atomic E-state index is 12.3. The summed E-state index contributed by atoms with van der Waals surface area (Å²) in [6, 6.07) is 10.7. The molecule has 1 aromatic heterocycles. The number of likely N-dealkylation sites (N-methyl/N-ethyl adjacent to an activating group) is 1. The van der Waals surface area contributed by atoms with Gasteiger partial charge in [-0.3, -0.25) is 4.79 Å². The van der Waals surface area contributed by atoms with Gasteiger partial charge in [0.15, 0.2) is 0 Å². The van der Waals surface area contributed by atoms with Gasteiger partial charge >= 0.3 is 6.03 Å². The molecule has 0 bridgehead atoms. The minimum Gasteiger partial charge on any atom is -0.352 e. The molecule has 0 aliphatic rings.